The second kappa shape index (κ2) is 6.75. The molecule has 9 nitrogen and oxygen atoms in total. The molecule has 134 valence electrons. The maximum Gasteiger partial charge on any atom is 0.299 e. The summed E-state index contributed by atoms with van der Waals surface area (Å²) < 4.78 is 35.0. The Kier molecular flexibility index (Phi) is 4.64. The Hall–Kier alpha value is -2.95. The van der Waals surface area contributed by atoms with E-state index in [9.17, 15) is 17.8 Å². The van der Waals surface area contributed by atoms with Crippen molar-refractivity contribution in [1.82, 2.24) is 9.78 Å². The van der Waals surface area contributed by atoms with Crippen LogP contribution in [0.15, 0.2) is 68.6 Å². The van der Waals surface area contributed by atoms with Crippen molar-refractivity contribution in [3.63, 3.8) is 0 Å². The number of hydrogen-bond donors (Lipinski definition) is 2. The van der Waals surface area contributed by atoms with E-state index in [1.807, 2.05) is 0 Å². The number of rotatable bonds is 4. The topological polar surface area (TPSA) is 146 Å². The van der Waals surface area contributed by atoms with E-state index in [4.69, 9.17) is 17.3 Å². The molecule has 0 unspecified atom stereocenters. The molecule has 0 saturated carbocycles. The molecule has 1 aromatic heterocycles. The first kappa shape index (κ1) is 17.9. The summed E-state index contributed by atoms with van der Waals surface area (Å²) in [5.41, 5.74) is 5.25. The maximum absolute atomic E-state index is 12.4. The highest BCUT2D eigenvalue weighted by Crippen LogP contribution is 2.28. The van der Waals surface area contributed by atoms with Crippen LogP contribution in [0, 0.1) is 0 Å². The summed E-state index contributed by atoms with van der Waals surface area (Å²) in [4.78, 5) is 11.8. The fraction of sp³-hybridized carbons (Fsp3) is 0. The third kappa shape index (κ3) is 3.52. The van der Waals surface area contributed by atoms with Crippen LogP contribution in [0.1, 0.15) is 0 Å². The van der Waals surface area contributed by atoms with Gasteiger partial charge >= 0.3 is 0 Å². The largest absolute Gasteiger partial charge is 0.744 e. The second-order valence-corrected chi connectivity index (χ2v) is 6.89. The zero-order valence-electron chi connectivity index (χ0n) is 13.0. The lowest BCUT2D eigenvalue weighted by atomic mass is 10.3. The van der Waals surface area contributed by atoms with E-state index in [0.29, 0.717) is 10.7 Å². The van der Waals surface area contributed by atoms with Crippen molar-refractivity contribution >= 4 is 38.8 Å². The van der Waals surface area contributed by atoms with Gasteiger partial charge in [-0.3, -0.25) is 9.89 Å². The van der Waals surface area contributed by atoms with Crippen molar-refractivity contribution in [3.8, 4) is 5.69 Å². The number of hydrogen-bond acceptors (Lipinski definition) is 7. The van der Waals surface area contributed by atoms with E-state index in [-0.39, 0.29) is 17.1 Å². The molecule has 0 spiro atoms. The summed E-state index contributed by atoms with van der Waals surface area (Å²) in [6.45, 7) is 0. The van der Waals surface area contributed by atoms with Crippen LogP contribution in [0.5, 0.6) is 0 Å². The van der Waals surface area contributed by atoms with Gasteiger partial charge in [0.25, 0.3) is 5.56 Å². The number of aromatic amines is 1. The number of nitrogens with two attached hydrogens (primary N) is 1. The highest BCUT2D eigenvalue weighted by atomic mass is 35.5. The van der Waals surface area contributed by atoms with Gasteiger partial charge in [-0.05, 0) is 30.3 Å². The zero-order chi connectivity index (χ0) is 18.9. The molecule has 0 saturated heterocycles. The van der Waals surface area contributed by atoms with Crippen LogP contribution in [0.4, 0.5) is 17.1 Å². The van der Waals surface area contributed by atoms with Gasteiger partial charge in [-0.25, -0.2) is 13.1 Å². The van der Waals surface area contributed by atoms with Gasteiger partial charge in [0.15, 0.2) is 5.69 Å². The molecular weight excluding hydrogens is 382 g/mol. The first-order valence-electron chi connectivity index (χ1n) is 7.10. The fourth-order valence-electron chi connectivity index (χ4n) is 2.18. The molecule has 3 aromatic rings. The van der Waals surface area contributed by atoms with E-state index in [1.54, 1.807) is 24.3 Å². The van der Waals surface area contributed by atoms with Crippen LogP contribution in [-0.4, -0.2) is 22.8 Å². The van der Waals surface area contributed by atoms with Gasteiger partial charge in [-0.15, -0.1) is 10.2 Å². The van der Waals surface area contributed by atoms with E-state index < -0.39 is 20.6 Å². The Labute approximate surface area is 152 Å². The van der Waals surface area contributed by atoms with Crippen LogP contribution in [0.25, 0.3) is 5.69 Å². The third-order valence-corrected chi connectivity index (χ3v) is 4.57. The molecule has 0 aliphatic carbocycles. The molecule has 0 amide bonds. The molecule has 3 N–H and O–H groups in total. The molecule has 0 bridgehead atoms. The quantitative estimate of drug-likeness (QED) is 0.398. The average molecular weight is 393 g/mol. The van der Waals surface area contributed by atoms with Crippen LogP contribution >= 0.6 is 11.6 Å². The highest BCUT2D eigenvalue weighted by molar-refractivity contribution is 7.86. The number of benzene rings is 2. The van der Waals surface area contributed by atoms with Crippen LogP contribution in [-0.2, 0) is 10.1 Å². The SMILES string of the molecule is Nc1ccc(S(=O)(=O)[O-])c(N=Nc2c[nH]n(-c3ccccc3Cl)c2=O)c1. The Balaban J connectivity index is 2.03. The second-order valence-electron chi connectivity index (χ2n) is 5.13. The van der Waals surface area contributed by atoms with Gasteiger partial charge in [0.1, 0.15) is 15.8 Å². The number of aromatic nitrogens is 2. The number of H-pyrrole nitrogens is 1. The van der Waals surface area contributed by atoms with Gasteiger partial charge in [0.05, 0.1) is 21.8 Å². The Morgan fingerprint density at radius 2 is 1.81 bits per heavy atom. The first-order chi connectivity index (χ1) is 12.3. The lowest BCUT2D eigenvalue weighted by Gasteiger charge is -2.09. The summed E-state index contributed by atoms with van der Waals surface area (Å²) in [6, 6.07) is 10.1. The molecule has 1 heterocycles. The number of para-hydroxylation sites is 1. The third-order valence-electron chi connectivity index (χ3n) is 3.36. The highest BCUT2D eigenvalue weighted by Gasteiger charge is 2.12. The molecule has 0 aliphatic rings. The van der Waals surface area contributed by atoms with Crippen molar-refractivity contribution in [1.29, 1.82) is 0 Å². The number of azo groups is 1. The molecule has 11 heteroatoms. The predicted octanol–water partition coefficient (Wildman–Crippen LogP) is 2.72. The molecule has 0 aliphatic heterocycles. The lowest BCUT2D eigenvalue weighted by Crippen LogP contribution is -2.14. The molecule has 0 radical (unpaired) electrons. The predicted molar refractivity (Wildman–Crippen MR) is 94.4 cm³/mol. The Morgan fingerprint density at radius 1 is 1.12 bits per heavy atom. The minimum atomic E-state index is -4.78. The minimum Gasteiger partial charge on any atom is -0.744 e. The summed E-state index contributed by atoms with van der Waals surface area (Å²) in [5, 5.41) is 10.4. The van der Waals surface area contributed by atoms with Crippen molar-refractivity contribution < 1.29 is 13.0 Å². The number of nitrogens with zero attached hydrogens (tertiary/aromatic N) is 3. The Morgan fingerprint density at radius 3 is 2.50 bits per heavy atom. The van der Waals surface area contributed by atoms with Gasteiger partial charge in [-0.1, -0.05) is 23.7 Å². The van der Waals surface area contributed by atoms with E-state index >= 15 is 0 Å². The van der Waals surface area contributed by atoms with Crippen LogP contribution in [0.3, 0.4) is 0 Å². The maximum atomic E-state index is 12.4. The van der Waals surface area contributed by atoms with Crippen molar-refractivity contribution in [2.75, 3.05) is 5.73 Å². The van der Waals surface area contributed by atoms with Crippen molar-refractivity contribution in [2.45, 2.75) is 4.90 Å². The molecule has 3 rings (SSSR count). The van der Waals surface area contributed by atoms with Gasteiger partial charge in [0.2, 0.25) is 0 Å². The number of nitrogen functional groups attached to an aromatic ring is 1. The van der Waals surface area contributed by atoms with Crippen molar-refractivity contribution in [2.24, 2.45) is 10.2 Å². The van der Waals surface area contributed by atoms with Gasteiger partial charge in [0, 0.05) is 5.69 Å². The lowest BCUT2D eigenvalue weighted by molar-refractivity contribution is 0.463. The zero-order valence-corrected chi connectivity index (χ0v) is 14.5. The average Bonchev–Trinajstić information content (AvgIpc) is 2.93. The smallest absolute Gasteiger partial charge is 0.299 e. The fourth-order valence-corrected chi connectivity index (χ4v) is 2.99. The van der Waals surface area contributed by atoms with Gasteiger partial charge in [-0.2, -0.15) is 0 Å². The molecule has 2 aromatic carbocycles. The number of nitrogens with one attached hydrogen (secondary N) is 1. The van der Waals surface area contributed by atoms with Crippen LogP contribution in [0.2, 0.25) is 5.02 Å². The molecular formula is C15H11ClN5O4S-. The first-order valence-corrected chi connectivity index (χ1v) is 8.88. The monoisotopic (exact) mass is 392 g/mol. The van der Waals surface area contributed by atoms with E-state index in [0.717, 1.165) is 10.7 Å². The molecule has 0 atom stereocenters. The summed E-state index contributed by atoms with van der Waals surface area (Å²) >= 11 is 6.05. The Bertz CT molecular complexity index is 1170. The minimum absolute atomic E-state index is 0.110. The number of anilines is 1. The summed E-state index contributed by atoms with van der Waals surface area (Å²) in [6.07, 6.45) is 1.27. The molecule has 26 heavy (non-hydrogen) atoms. The summed E-state index contributed by atoms with van der Waals surface area (Å²) in [5.74, 6) is 0. The van der Waals surface area contributed by atoms with Crippen LogP contribution < -0.4 is 11.3 Å². The van der Waals surface area contributed by atoms with Crippen molar-refractivity contribution in [3.05, 3.63) is 64.0 Å². The standard InChI is InChI=1S/C15H12ClN5O4S/c16-10-3-1-2-4-13(10)21-15(22)12(8-18-21)20-19-11-7-9(17)5-6-14(11)26(23,24)25/h1-8,18H,17H2,(H,23,24,25)/p-1. The summed E-state index contributed by atoms with van der Waals surface area (Å²) in [7, 11) is -4.78. The van der Waals surface area contributed by atoms with E-state index in [2.05, 4.69) is 15.3 Å². The molecule has 0 fully saturated rings. The number of halogens is 1. The van der Waals surface area contributed by atoms with E-state index in [1.165, 1.54) is 18.3 Å². The van der Waals surface area contributed by atoms with Gasteiger partial charge < -0.3 is 10.3 Å². The normalized spacial score (nSPS) is 11.9.